The van der Waals surface area contributed by atoms with Crippen molar-refractivity contribution >= 4 is 6.03 Å². The molecule has 0 saturated carbocycles. The summed E-state index contributed by atoms with van der Waals surface area (Å²) in [5, 5.41) is 17.5. The number of carbonyl (C=O) groups excluding carboxylic acids is 1. The Kier molecular flexibility index (Phi) is 4.85. The standard InChI is InChI=1S/C16H18N6O2/c1-22-11-12(10-19-22)9-18-16(23)17-8-7-14-20-21-15(24-14)13-5-3-2-4-6-13/h2-6,10-11H,7-9H2,1H3,(H2,17,18,23). The number of hydrogen-bond donors (Lipinski definition) is 2. The van der Waals surface area contributed by atoms with E-state index < -0.39 is 0 Å². The summed E-state index contributed by atoms with van der Waals surface area (Å²) in [5.74, 6) is 0.966. The number of aryl methyl sites for hydroxylation is 1. The number of carbonyl (C=O) groups is 1. The third-order valence-corrected chi connectivity index (χ3v) is 3.32. The van der Waals surface area contributed by atoms with Gasteiger partial charge in [-0.25, -0.2) is 4.79 Å². The maximum atomic E-state index is 11.7. The lowest BCUT2D eigenvalue weighted by Gasteiger charge is -2.05. The van der Waals surface area contributed by atoms with Gasteiger partial charge in [0.2, 0.25) is 11.8 Å². The molecule has 3 aromatic rings. The van der Waals surface area contributed by atoms with E-state index in [0.29, 0.717) is 31.3 Å². The normalized spacial score (nSPS) is 10.5. The summed E-state index contributed by atoms with van der Waals surface area (Å²) in [6.45, 7) is 0.841. The van der Waals surface area contributed by atoms with Gasteiger partial charge in [-0.15, -0.1) is 10.2 Å². The molecule has 0 unspecified atom stereocenters. The topological polar surface area (TPSA) is 97.9 Å². The van der Waals surface area contributed by atoms with Crippen LogP contribution in [0.25, 0.3) is 11.5 Å². The first-order chi connectivity index (χ1) is 11.7. The highest BCUT2D eigenvalue weighted by Gasteiger charge is 2.08. The van der Waals surface area contributed by atoms with Crippen LogP contribution in [0.5, 0.6) is 0 Å². The smallest absolute Gasteiger partial charge is 0.315 e. The first kappa shape index (κ1) is 15.7. The van der Waals surface area contributed by atoms with E-state index in [4.69, 9.17) is 4.42 Å². The quantitative estimate of drug-likeness (QED) is 0.715. The van der Waals surface area contributed by atoms with E-state index in [9.17, 15) is 4.79 Å². The Morgan fingerprint density at radius 1 is 1.21 bits per heavy atom. The van der Waals surface area contributed by atoms with Crippen molar-refractivity contribution in [2.24, 2.45) is 7.05 Å². The van der Waals surface area contributed by atoms with Crippen molar-refractivity contribution in [3.05, 3.63) is 54.2 Å². The molecule has 8 heteroatoms. The Labute approximate surface area is 138 Å². The highest BCUT2D eigenvalue weighted by Crippen LogP contribution is 2.16. The molecule has 3 rings (SSSR count). The van der Waals surface area contributed by atoms with Crippen molar-refractivity contribution < 1.29 is 9.21 Å². The lowest BCUT2D eigenvalue weighted by Crippen LogP contribution is -2.36. The van der Waals surface area contributed by atoms with Gasteiger partial charge >= 0.3 is 6.03 Å². The molecule has 0 saturated heterocycles. The fourth-order valence-corrected chi connectivity index (χ4v) is 2.14. The minimum absolute atomic E-state index is 0.248. The van der Waals surface area contributed by atoms with Gasteiger partial charge in [0, 0.05) is 43.9 Å². The van der Waals surface area contributed by atoms with Crippen LogP contribution in [0.15, 0.2) is 47.1 Å². The minimum atomic E-state index is -0.248. The number of urea groups is 1. The van der Waals surface area contributed by atoms with Crippen molar-refractivity contribution in [1.82, 2.24) is 30.6 Å². The zero-order chi connectivity index (χ0) is 16.8. The number of rotatable bonds is 6. The predicted octanol–water partition coefficient (Wildman–Crippen LogP) is 1.51. The lowest BCUT2D eigenvalue weighted by atomic mass is 10.2. The summed E-state index contributed by atoms with van der Waals surface area (Å²) in [6, 6.07) is 9.31. The van der Waals surface area contributed by atoms with Crippen molar-refractivity contribution in [2.75, 3.05) is 6.54 Å². The van der Waals surface area contributed by atoms with E-state index in [1.165, 1.54) is 0 Å². The van der Waals surface area contributed by atoms with Crippen LogP contribution in [0.3, 0.4) is 0 Å². The Hall–Kier alpha value is -3.16. The molecule has 0 spiro atoms. The molecule has 0 atom stereocenters. The fraction of sp³-hybridized carbons (Fsp3) is 0.250. The molecule has 0 aliphatic carbocycles. The van der Waals surface area contributed by atoms with Gasteiger partial charge in [0.1, 0.15) is 0 Å². The Morgan fingerprint density at radius 2 is 2.04 bits per heavy atom. The number of hydrogen-bond acceptors (Lipinski definition) is 5. The van der Waals surface area contributed by atoms with E-state index in [1.54, 1.807) is 10.9 Å². The zero-order valence-electron chi connectivity index (χ0n) is 13.3. The Bertz CT molecular complexity index is 796. The number of aromatic nitrogens is 4. The van der Waals surface area contributed by atoms with Gasteiger partial charge in [0.15, 0.2) is 0 Å². The van der Waals surface area contributed by atoms with Gasteiger partial charge in [-0.2, -0.15) is 5.10 Å². The Morgan fingerprint density at radius 3 is 2.79 bits per heavy atom. The van der Waals surface area contributed by atoms with E-state index in [2.05, 4.69) is 25.9 Å². The zero-order valence-corrected chi connectivity index (χ0v) is 13.3. The van der Waals surface area contributed by atoms with Gasteiger partial charge in [-0.3, -0.25) is 4.68 Å². The van der Waals surface area contributed by atoms with Gasteiger partial charge < -0.3 is 15.1 Å². The summed E-state index contributed by atoms with van der Waals surface area (Å²) in [4.78, 5) is 11.7. The third kappa shape index (κ3) is 4.19. The van der Waals surface area contributed by atoms with Crippen LogP contribution < -0.4 is 10.6 Å². The largest absolute Gasteiger partial charge is 0.421 e. The molecule has 0 radical (unpaired) electrons. The van der Waals surface area contributed by atoms with E-state index in [1.807, 2.05) is 43.6 Å². The maximum absolute atomic E-state index is 11.7. The first-order valence-corrected chi connectivity index (χ1v) is 7.58. The number of nitrogens with one attached hydrogen (secondary N) is 2. The first-order valence-electron chi connectivity index (χ1n) is 7.58. The number of nitrogens with zero attached hydrogens (tertiary/aromatic N) is 4. The summed E-state index contributed by atoms with van der Waals surface area (Å²) in [5.41, 5.74) is 1.82. The summed E-state index contributed by atoms with van der Waals surface area (Å²) in [7, 11) is 1.83. The predicted molar refractivity (Wildman–Crippen MR) is 86.9 cm³/mol. The molecule has 0 bridgehead atoms. The molecule has 8 nitrogen and oxygen atoms in total. The molecule has 0 aliphatic heterocycles. The van der Waals surface area contributed by atoms with Crippen molar-refractivity contribution in [3.8, 4) is 11.5 Å². The van der Waals surface area contributed by atoms with Gasteiger partial charge in [-0.05, 0) is 12.1 Å². The lowest BCUT2D eigenvalue weighted by molar-refractivity contribution is 0.240. The van der Waals surface area contributed by atoms with Gasteiger partial charge in [0.05, 0.1) is 6.20 Å². The molecule has 2 amide bonds. The van der Waals surface area contributed by atoms with Crippen LogP contribution in [0, 0.1) is 0 Å². The fourth-order valence-electron chi connectivity index (χ4n) is 2.14. The second-order valence-electron chi connectivity index (χ2n) is 5.25. The van der Waals surface area contributed by atoms with Crippen LogP contribution in [-0.2, 0) is 20.0 Å². The highest BCUT2D eigenvalue weighted by molar-refractivity contribution is 5.73. The summed E-state index contributed by atoms with van der Waals surface area (Å²) in [6.07, 6.45) is 4.04. The van der Waals surface area contributed by atoms with Crippen LogP contribution in [0.4, 0.5) is 4.79 Å². The summed E-state index contributed by atoms with van der Waals surface area (Å²) >= 11 is 0. The monoisotopic (exact) mass is 326 g/mol. The SMILES string of the molecule is Cn1cc(CNC(=O)NCCc2nnc(-c3ccccc3)o2)cn1. The number of amides is 2. The van der Waals surface area contributed by atoms with Gasteiger partial charge in [0.25, 0.3) is 0 Å². The third-order valence-electron chi connectivity index (χ3n) is 3.32. The average Bonchev–Trinajstić information content (AvgIpc) is 3.23. The molecule has 124 valence electrons. The van der Waals surface area contributed by atoms with Crippen molar-refractivity contribution in [3.63, 3.8) is 0 Å². The molecule has 24 heavy (non-hydrogen) atoms. The molecule has 2 N–H and O–H groups in total. The Balaban J connectivity index is 1.41. The highest BCUT2D eigenvalue weighted by atomic mass is 16.4. The van der Waals surface area contributed by atoms with Crippen LogP contribution in [-0.4, -0.2) is 32.6 Å². The van der Waals surface area contributed by atoms with Crippen molar-refractivity contribution in [1.29, 1.82) is 0 Å². The average molecular weight is 326 g/mol. The van der Waals surface area contributed by atoms with E-state index in [-0.39, 0.29) is 6.03 Å². The molecule has 2 aromatic heterocycles. The molecular weight excluding hydrogens is 308 g/mol. The molecule has 0 aliphatic rings. The van der Waals surface area contributed by atoms with Crippen LogP contribution >= 0.6 is 0 Å². The van der Waals surface area contributed by atoms with E-state index in [0.717, 1.165) is 11.1 Å². The second-order valence-corrected chi connectivity index (χ2v) is 5.25. The van der Waals surface area contributed by atoms with Crippen LogP contribution in [0.2, 0.25) is 0 Å². The van der Waals surface area contributed by atoms with Gasteiger partial charge in [-0.1, -0.05) is 18.2 Å². The molecule has 2 heterocycles. The number of benzene rings is 1. The van der Waals surface area contributed by atoms with Crippen molar-refractivity contribution in [2.45, 2.75) is 13.0 Å². The van der Waals surface area contributed by atoms with Crippen LogP contribution in [0.1, 0.15) is 11.5 Å². The second kappa shape index (κ2) is 7.40. The molecule has 1 aromatic carbocycles. The maximum Gasteiger partial charge on any atom is 0.315 e. The minimum Gasteiger partial charge on any atom is -0.421 e. The molecular formula is C16H18N6O2. The van der Waals surface area contributed by atoms with E-state index >= 15 is 0 Å². The summed E-state index contributed by atoms with van der Waals surface area (Å²) < 4.78 is 7.27. The molecule has 0 fully saturated rings.